The fraction of sp³-hybridized carbons (Fsp3) is 0.100. The second-order valence-electron chi connectivity index (χ2n) is 3.33. The number of nitro groups is 1. The summed E-state index contributed by atoms with van der Waals surface area (Å²) in [7, 11) is 1.35. The summed E-state index contributed by atoms with van der Waals surface area (Å²) in [5.74, 6) is 0.547. The van der Waals surface area contributed by atoms with Crippen molar-refractivity contribution in [3.63, 3.8) is 0 Å². The summed E-state index contributed by atoms with van der Waals surface area (Å²) in [6.45, 7) is 0. The number of nitro benzene ring substituents is 1. The highest BCUT2D eigenvalue weighted by Gasteiger charge is 2.24. The van der Waals surface area contributed by atoms with Gasteiger partial charge in [-0.05, 0) is 22.0 Å². The summed E-state index contributed by atoms with van der Waals surface area (Å²) in [6.07, 6.45) is 0. The van der Waals surface area contributed by atoms with Gasteiger partial charge in [-0.1, -0.05) is 11.2 Å². The maximum atomic E-state index is 10.9. The number of anilines is 1. The van der Waals surface area contributed by atoms with E-state index in [1.165, 1.54) is 19.2 Å². The fourth-order valence-corrected chi connectivity index (χ4v) is 1.88. The number of nitrogen functional groups attached to an aromatic ring is 1. The van der Waals surface area contributed by atoms with Gasteiger partial charge in [-0.25, -0.2) is 0 Å². The first-order valence-corrected chi connectivity index (χ1v) is 5.58. The van der Waals surface area contributed by atoms with Crippen molar-refractivity contribution in [2.24, 2.45) is 0 Å². The van der Waals surface area contributed by atoms with Crippen LogP contribution >= 0.6 is 15.9 Å². The van der Waals surface area contributed by atoms with Crippen LogP contribution in [0.4, 0.5) is 11.5 Å². The number of nitrogens with two attached hydrogens (primary N) is 1. The smallest absolute Gasteiger partial charge is 0.311 e. The summed E-state index contributed by atoms with van der Waals surface area (Å²) in [4.78, 5) is 10.4. The van der Waals surface area contributed by atoms with Crippen LogP contribution < -0.4 is 10.5 Å². The minimum absolute atomic E-state index is 0.0966. The van der Waals surface area contributed by atoms with E-state index in [-0.39, 0.29) is 23.0 Å². The van der Waals surface area contributed by atoms with E-state index in [2.05, 4.69) is 21.1 Å². The number of rotatable bonds is 3. The molecule has 0 saturated heterocycles. The SMILES string of the molecule is COc1c(-c2onc(N)c2Br)cccc1[N+](=O)[O-]. The highest BCUT2D eigenvalue weighted by Crippen LogP contribution is 2.41. The fourth-order valence-electron chi connectivity index (χ4n) is 1.52. The summed E-state index contributed by atoms with van der Waals surface area (Å²) in [5, 5.41) is 14.5. The Kier molecular flexibility index (Phi) is 3.19. The standard InChI is InChI=1S/C10H8BrN3O4/c1-17-8-5(3-2-4-6(8)14(15)16)9-7(11)10(12)13-18-9/h2-4H,1H3,(H2,12,13). The topological polar surface area (TPSA) is 104 Å². The zero-order chi connectivity index (χ0) is 13.3. The minimum atomic E-state index is -0.532. The van der Waals surface area contributed by atoms with Crippen molar-refractivity contribution in [3.8, 4) is 17.1 Å². The third-order valence-electron chi connectivity index (χ3n) is 2.30. The molecule has 0 aliphatic rings. The Morgan fingerprint density at radius 2 is 2.28 bits per heavy atom. The zero-order valence-electron chi connectivity index (χ0n) is 9.21. The largest absolute Gasteiger partial charge is 0.490 e. The summed E-state index contributed by atoms with van der Waals surface area (Å²) >= 11 is 3.21. The molecule has 0 amide bonds. The van der Waals surface area contributed by atoms with Crippen molar-refractivity contribution in [2.75, 3.05) is 12.8 Å². The Hall–Kier alpha value is -2.09. The molecule has 0 spiro atoms. The van der Waals surface area contributed by atoms with Gasteiger partial charge in [0.1, 0.15) is 4.47 Å². The van der Waals surface area contributed by atoms with E-state index < -0.39 is 4.92 Å². The predicted molar refractivity (Wildman–Crippen MR) is 67.3 cm³/mol. The summed E-state index contributed by atoms with van der Waals surface area (Å²) < 4.78 is 10.5. The number of aromatic nitrogens is 1. The van der Waals surface area contributed by atoms with Crippen LogP contribution in [0.5, 0.6) is 5.75 Å². The first-order chi connectivity index (χ1) is 8.56. The van der Waals surface area contributed by atoms with Crippen molar-refractivity contribution in [2.45, 2.75) is 0 Å². The van der Waals surface area contributed by atoms with Crippen molar-refractivity contribution in [3.05, 3.63) is 32.8 Å². The van der Waals surface area contributed by atoms with E-state index in [9.17, 15) is 10.1 Å². The lowest BCUT2D eigenvalue weighted by molar-refractivity contribution is -0.385. The molecule has 18 heavy (non-hydrogen) atoms. The molecule has 0 fully saturated rings. The van der Waals surface area contributed by atoms with Crippen LogP contribution in [0.15, 0.2) is 27.2 Å². The number of para-hydroxylation sites is 1. The Morgan fingerprint density at radius 3 is 2.78 bits per heavy atom. The van der Waals surface area contributed by atoms with Crippen LogP contribution in [-0.4, -0.2) is 17.2 Å². The summed E-state index contributed by atoms with van der Waals surface area (Å²) in [6, 6.07) is 4.49. The molecule has 0 bridgehead atoms. The highest BCUT2D eigenvalue weighted by atomic mass is 79.9. The number of halogens is 1. The van der Waals surface area contributed by atoms with Gasteiger partial charge >= 0.3 is 5.69 Å². The molecule has 0 aliphatic heterocycles. The predicted octanol–water partition coefficient (Wildman–Crippen LogP) is 2.60. The number of hydrogen-bond donors (Lipinski definition) is 1. The van der Waals surface area contributed by atoms with Crippen molar-refractivity contribution in [1.29, 1.82) is 0 Å². The molecule has 2 N–H and O–H groups in total. The van der Waals surface area contributed by atoms with Crippen LogP contribution in [0.25, 0.3) is 11.3 Å². The molecule has 1 aromatic carbocycles. The number of hydrogen-bond acceptors (Lipinski definition) is 6. The molecule has 94 valence electrons. The van der Waals surface area contributed by atoms with Gasteiger partial charge in [-0.2, -0.15) is 0 Å². The average molecular weight is 314 g/mol. The monoisotopic (exact) mass is 313 g/mol. The van der Waals surface area contributed by atoms with Gasteiger partial charge in [0.05, 0.1) is 17.6 Å². The third-order valence-corrected chi connectivity index (χ3v) is 3.07. The first kappa shape index (κ1) is 12.4. The second-order valence-corrected chi connectivity index (χ2v) is 4.12. The number of methoxy groups -OCH3 is 1. The van der Waals surface area contributed by atoms with Crippen molar-refractivity contribution < 1.29 is 14.2 Å². The highest BCUT2D eigenvalue weighted by molar-refractivity contribution is 9.10. The van der Waals surface area contributed by atoms with Gasteiger partial charge in [0, 0.05) is 6.07 Å². The van der Waals surface area contributed by atoms with Gasteiger partial charge in [-0.15, -0.1) is 0 Å². The van der Waals surface area contributed by atoms with E-state index in [1.54, 1.807) is 6.07 Å². The Balaban J connectivity index is 2.68. The average Bonchev–Trinajstić information content (AvgIpc) is 2.69. The molecule has 8 heteroatoms. The van der Waals surface area contributed by atoms with E-state index in [0.717, 1.165) is 0 Å². The minimum Gasteiger partial charge on any atom is -0.490 e. The molecule has 2 aromatic rings. The molecular formula is C10H8BrN3O4. The van der Waals surface area contributed by atoms with Gasteiger partial charge in [0.15, 0.2) is 11.6 Å². The number of nitrogens with zero attached hydrogens (tertiary/aromatic N) is 2. The van der Waals surface area contributed by atoms with Crippen LogP contribution in [0.1, 0.15) is 0 Å². The maximum absolute atomic E-state index is 10.9. The molecule has 0 aliphatic carbocycles. The van der Waals surface area contributed by atoms with Crippen molar-refractivity contribution >= 4 is 27.4 Å². The van der Waals surface area contributed by atoms with Gasteiger partial charge in [0.25, 0.3) is 0 Å². The maximum Gasteiger partial charge on any atom is 0.311 e. The molecule has 0 radical (unpaired) electrons. The molecule has 1 heterocycles. The van der Waals surface area contributed by atoms with E-state index >= 15 is 0 Å². The first-order valence-electron chi connectivity index (χ1n) is 4.78. The lowest BCUT2D eigenvalue weighted by atomic mass is 10.1. The van der Waals surface area contributed by atoms with Crippen LogP contribution in [0.3, 0.4) is 0 Å². The molecule has 1 aromatic heterocycles. The summed E-state index contributed by atoms with van der Waals surface area (Å²) in [5.41, 5.74) is 5.79. The molecule has 0 saturated carbocycles. The molecular weight excluding hydrogens is 306 g/mol. The zero-order valence-corrected chi connectivity index (χ0v) is 10.8. The Morgan fingerprint density at radius 1 is 1.56 bits per heavy atom. The number of ether oxygens (including phenoxy) is 1. The van der Waals surface area contributed by atoms with Crippen LogP contribution in [0.2, 0.25) is 0 Å². The normalized spacial score (nSPS) is 10.3. The second kappa shape index (κ2) is 4.65. The Labute approximate surface area is 110 Å². The quantitative estimate of drug-likeness (QED) is 0.689. The Bertz CT molecular complexity index is 611. The van der Waals surface area contributed by atoms with E-state index in [1.807, 2.05) is 0 Å². The lowest BCUT2D eigenvalue weighted by Gasteiger charge is -2.06. The van der Waals surface area contributed by atoms with Crippen LogP contribution in [0, 0.1) is 10.1 Å². The van der Waals surface area contributed by atoms with Gasteiger partial charge in [-0.3, -0.25) is 10.1 Å². The van der Waals surface area contributed by atoms with E-state index in [0.29, 0.717) is 10.0 Å². The van der Waals surface area contributed by atoms with Gasteiger partial charge in [0.2, 0.25) is 5.75 Å². The molecule has 7 nitrogen and oxygen atoms in total. The molecule has 2 rings (SSSR count). The lowest BCUT2D eigenvalue weighted by Crippen LogP contribution is -1.95. The third kappa shape index (κ3) is 1.90. The van der Waals surface area contributed by atoms with Gasteiger partial charge < -0.3 is 15.0 Å². The number of benzene rings is 1. The molecule has 0 atom stereocenters. The van der Waals surface area contributed by atoms with Crippen molar-refractivity contribution in [1.82, 2.24) is 5.16 Å². The molecule has 0 unspecified atom stereocenters. The van der Waals surface area contributed by atoms with E-state index in [4.69, 9.17) is 15.0 Å². The van der Waals surface area contributed by atoms with Crippen LogP contribution in [-0.2, 0) is 0 Å².